The normalized spacial score (nSPS) is 10.5. The van der Waals surface area contributed by atoms with Crippen LogP contribution in [0.15, 0.2) is 53.7 Å². The van der Waals surface area contributed by atoms with Crippen molar-refractivity contribution in [1.82, 2.24) is 15.2 Å². The molecule has 0 radical (unpaired) electrons. The first-order chi connectivity index (χ1) is 15.5. The number of para-hydroxylation sites is 1. The molecular weight excluding hydrogens is 432 g/mol. The SMILES string of the molecule is CCOC(=O)CN(C(=O)CSc1n[nH]c(-c2ccc(OC)cc2OC)n1)c1ccccc1. The molecule has 0 aliphatic rings. The second-order valence-electron chi connectivity index (χ2n) is 6.44. The predicted molar refractivity (Wildman–Crippen MR) is 121 cm³/mol. The molecule has 168 valence electrons. The Morgan fingerprint density at radius 2 is 1.88 bits per heavy atom. The number of benzene rings is 2. The Kier molecular flexibility index (Phi) is 8.09. The zero-order valence-electron chi connectivity index (χ0n) is 18.0. The number of ether oxygens (including phenoxy) is 3. The van der Waals surface area contributed by atoms with Gasteiger partial charge in [0.15, 0.2) is 5.82 Å². The smallest absolute Gasteiger partial charge is 0.326 e. The predicted octanol–water partition coefficient (Wildman–Crippen LogP) is 3.18. The van der Waals surface area contributed by atoms with Crippen LogP contribution in [0.25, 0.3) is 11.4 Å². The lowest BCUT2D eigenvalue weighted by molar-refractivity contribution is -0.142. The van der Waals surface area contributed by atoms with Gasteiger partial charge in [0, 0.05) is 11.8 Å². The van der Waals surface area contributed by atoms with Crippen LogP contribution in [0.5, 0.6) is 11.5 Å². The van der Waals surface area contributed by atoms with Crippen molar-refractivity contribution in [2.75, 3.05) is 38.0 Å². The molecule has 10 heteroatoms. The lowest BCUT2D eigenvalue weighted by Gasteiger charge is -2.21. The minimum atomic E-state index is -0.471. The van der Waals surface area contributed by atoms with E-state index in [2.05, 4.69) is 15.2 Å². The summed E-state index contributed by atoms with van der Waals surface area (Å²) in [6.07, 6.45) is 0. The van der Waals surface area contributed by atoms with Crippen molar-refractivity contribution in [3.05, 3.63) is 48.5 Å². The Labute approximate surface area is 190 Å². The number of hydrogen-bond donors (Lipinski definition) is 1. The highest BCUT2D eigenvalue weighted by Gasteiger charge is 2.21. The number of carbonyl (C=O) groups is 2. The van der Waals surface area contributed by atoms with E-state index in [9.17, 15) is 9.59 Å². The Morgan fingerprint density at radius 3 is 2.56 bits per heavy atom. The second kappa shape index (κ2) is 11.2. The minimum absolute atomic E-state index is 0.0470. The summed E-state index contributed by atoms with van der Waals surface area (Å²) in [5, 5.41) is 7.45. The summed E-state index contributed by atoms with van der Waals surface area (Å²) in [6.45, 7) is 1.81. The van der Waals surface area contributed by atoms with Gasteiger partial charge in [-0.1, -0.05) is 30.0 Å². The summed E-state index contributed by atoms with van der Waals surface area (Å²) < 4.78 is 15.6. The van der Waals surface area contributed by atoms with Crippen LogP contribution in [-0.2, 0) is 14.3 Å². The summed E-state index contributed by atoms with van der Waals surface area (Å²) in [5.41, 5.74) is 1.33. The maximum absolute atomic E-state index is 12.9. The topological polar surface area (TPSA) is 107 Å². The molecule has 0 saturated carbocycles. The zero-order chi connectivity index (χ0) is 22.9. The van der Waals surface area contributed by atoms with Gasteiger partial charge in [0.25, 0.3) is 0 Å². The van der Waals surface area contributed by atoms with Gasteiger partial charge < -0.3 is 19.1 Å². The molecule has 3 aromatic rings. The van der Waals surface area contributed by atoms with Gasteiger partial charge in [-0.05, 0) is 31.2 Å². The van der Waals surface area contributed by atoms with E-state index in [1.54, 1.807) is 57.5 Å². The number of aromatic amines is 1. The quantitative estimate of drug-likeness (QED) is 0.366. The molecule has 0 aliphatic heterocycles. The van der Waals surface area contributed by atoms with Crippen LogP contribution in [0.1, 0.15) is 6.92 Å². The van der Waals surface area contributed by atoms with Gasteiger partial charge >= 0.3 is 5.97 Å². The molecule has 3 rings (SSSR count). The molecule has 1 N–H and O–H groups in total. The van der Waals surface area contributed by atoms with Gasteiger partial charge in [0.05, 0.1) is 32.1 Å². The molecule has 2 aromatic carbocycles. The number of anilines is 1. The van der Waals surface area contributed by atoms with Crippen LogP contribution in [0.3, 0.4) is 0 Å². The first-order valence-corrected chi connectivity index (χ1v) is 10.8. The van der Waals surface area contributed by atoms with Gasteiger partial charge in [-0.15, -0.1) is 5.10 Å². The van der Waals surface area contributed by atoms with Crippen molar-refractivity contribution in [1.29, 1.82) is 0 Å². The van der Waals surface area contributed by atoms with Gasteiger partial charge in [-0.3, -0.25) is 14.7 Å². The van der Waals surface area contributed by atoms with Crippen molar-refractivity contribution in [2.24, 2.45) is 0 Å². The number of hydrogen-bond acceptors (Lipinski definition) is 8. The van der Waals surface area contributed by atoms with Gasteiger partial charge in [0.1, 0.15) is 18.0 Å². The number of esters is 1. The Balaban J connectivity index is 1.71. The summed E-state index contributed by atoms with van der Waals surface area (Å²) in [5.74, 6) is 1.06. The average molecular weight is 457 g/mol. The molecule has 1 heterocycles. The first kappa shape index (κ1) is 23.1. The minimum Gasteiger partial charge on any atom is -0.497 e. The van der Waals surface area contributed by atoms with Crippen molar-refractivity contribution in [3.8, 4) is 22.9 Å². The maximum Gasteiger partial charge on any atom is 0.326 e. The maximum atomic E-state index is 12.9. The van der Waals surface area contributed by atoms with Crippen LogP contribution >= 0.6 is 11.8 Å². The molecule has 0 bridgehead atoms. The van der Waals surface area contributed by atoms with E-state index < -0.39 is 5.97 Å². The summed E-state index contributed by atoms with van der Waals surface area (Å²) in [7, 11) is 3.14. The third-order valence-electron chi connectivity index (χ3n) is 4.41. The van der Waals surface area contributed by atoms with Crippen molar-refractivity contribution in [3.63, 3.8) is 0 Å². The molecule has 1 aromatic heterocycles. The molecule has 0 aliphatic carbocycles. The summed E-state index contributed by atoms with van der Waals surface area (Å²) in [4.78, 5) is 30.7. The number of rotatable bonds is 10. The second-order valence-corrected chi connectivity index (χ2v) is 7.38. The lowest BCUT2D eigenvalue weighted by atomic mass is 10.2. The van der Waals surface area contributed by atoms with Crippen LogP contribution in [0, 0.1) is 0 Å². The van der Waals surface area contributed by atoms with E-state index in [0.29, 0.717) is 33.7 Å². The number of methoxy groups -OCH3 is 2. The van der Waals surface area contributed by atoms with Crippen molar-refractivity contribution < 1.29 is 23.8 Å². The zero-order valence-corrected chi connectivity index (χ0v) is 18.8. The van der Waals surface area contributed by atoms with Crippen molar-refractivity contribution >= 4 is 29.3 Å². The fraction of sp³-hybridized carbons (Fsp3) is 0.273. The lowest BCUT2D eigenvalue weighted by Crippen LogP contribution is -2.37. The monoisotopic (exact) mass is 456 g/mol. The van der Waals surface area contributed by atoms with E-state index in [1.807, 2.05) is 12.1 Å². The summed E-state index contributed by atoms with van der Waals surface area (Å²) in [6, 6.07) is 14.3. The number of carbonyl (C=O) groups excluding carboxylic acids is 2. The number of nitrogens with zero attached hydrogens (tertiary/aromatic N) is 3. The molecule has 0 fully saturated rings. The highest BCUT2D eigenvalue weighted by Crippen LogP contribution is 2.32. The number of aromatic nitrogens is 3. The van der Waals surface area contributed by atoms with E-state index >= 15 is 0 Å². The molecule has 32 heavy (non-hydrogen) atoms. The fourth-order valence-corrected chi connectivity index (χ4v) is 3.57. The third-order valence-corrected chi connectivity index (χ3v) is 5.25. The van der Waals surface area contributed by atoms with E-state index in [1.165, 1.54) is 16.7 Å². The van der Waals surface area contributed by atoms with Crippen LogP contribution < -0.4 is 14.4 Å². The standard InChI is InChI=1S/C22H24N4O5S/c1-4-31-20(28)13-26(15-8-6-5-7-9-15)19(27)14-32-22-23-21(24-25-22)17-11-10-16(29-2)12-18(17)30-3/h5-12H,4,13-14H2,1-3H3,(H,23,24,25). The molecule has 0 unspecified atom stereocenters. The largest absolute Gasteiger partial charge is 0.497 e. The molecule has 0 atom stereocenters. The van der Waals surface area contributed by atoms with Crippen LogP contribution in [-0.4, -0.2) is 60.2 Å². The highest BCUT2D eigenvalue weighted by atomic mass is 32.2. The number of nitrogens with one attached hydrogen (secondary N) is 1. The van der Waals surface area contributed by atoms with Crippen molar-refractivity contribution in [2.45, 2.75) is 12.1 Å². The van der Waals surface area contributed by atoms with E-state index in [0.717, 1.165) is 0 Å². The number of amides is 1. The molecule has 1 amide bonds. The van der Waals surface area contributed by atoms with Gasteiger partial charge in [-0.2, -0.15) is 0 Å². The molecule has 9 nitrogen and oxygen atoms in total. The van der Waals surface area contributed by atoms with Gasteiger partial charge in [0.2, 0.25) is 11.1 Å². The Bertz CT molecular complexity index is 1060. The first-order valence-electron chi connectivity index (χ1n) is 9.84. The number of H-pyrrole nitrogens is 1. The van der Waals surface area contributed by atoms with Crippen LogP contribution in [0.4, 0.5) is 5.69 Å². The van der Waals surface area contributed by atoms with Crippen LogP contribution in [0.2, 0.25) is 0 Å². The number of thioether (sulfide) groups is 1. The fourth-order valence-electron chi connectivity index (χ4n) is 2.90. The average Bonchev–Trinajstić information content (AvgIpc) is 3.30. The third kappa shape index (κ3) is 5.79. The molecule has 0 saturated heterocycles. The Hall–Kier alpha value is -3.53. The Morgan fingerprint density at radius 1 is 1.09 bits per heavy atom. The van der Waals surface area contributed by atoms with Gasteiger partial charge in [-0.25, -0.2) is 4.98 Å². The highest BCUT2D eigenvalue weighted by molar-refractivity contribution is 7.99. The van der Waals surface area contributed by atoms with E-state index in [4.69, 9.17) is 14.2 Å². The van der Waals surface area contributed by atoms with E-state index in [-0.39, 0.29) is 24.8 Å². The summed E-state index contributed by atoms with van der Waals surface area (Å²) >= 11 is 1.17. The molecule has 0 spiro atoms. The molecular formula is C22H24N4O5S.